The Bertz CT molecular complexity index is 708. The molecule has 7 heteroatoms. The minimum Gasteiger partial charge on any atom is -0.506 e. The van der Waals surface area contributed by atoms with Crippen LogP contribution in [0.5, 0.6) is 11.5 Å². The average Bonchev–Trinajstić information content (AvgIpc) is 2.62. The molecule has 1 unspecified atom stereocenters. The van der Waals surface area contributed by atoms with Gasteiger partial charge in [0.05, 0.1) is 28.7 Å². The van der Waals surface area contributed by atoms with Crippen LogP contribution in [-0.4, -0.2) is 41.7 Å². The Morgan fingerprint density at radius 2 is 2.24 bits per heavy atom. The SMILES string of the molecule is CCCC1(C#N)CCN(C(=O)C2CNc3cc(Cl)c(O)cc3O2)CC1. The number of likely N-dealkylation sites (tertiary alicyclic amines) is 1. The Balaban J connectivity index is 1.65. The van der Waals surface area contributed by atoms with E-state index in [2.05, 4.69) is 18.3 Å². The van der Waals surface area contributed by atoms with Gasteiger partial charge in [-0.2, -0.15) is 5.26 Å². The van der Waals surface area contributed by atoms with Gasteiger partial charge in [0.1, 0.15) is 11.5 Å². The van der Waals surface area contributed by atoms with E-state index in [9.17, 15) is 15.2 Å². The van der Waals surface area contributed by atoms with E-state index in [4.69, 9.17) is 16.3 Å². The Morgan fingerprint density at radius 1 is 1.52 bits per heavy atom. The van der Waals surface area contributed by atoms with Gasteiger partial charge in [-0.3, -0.25) is 4.79 Å². The molecule has 0 saturated carbocycles. The molecule has 1 atom stereocenters. The summed E-state index contributed by atoms with van der Waals surface area (Å²) in [6, 6.07) is 5.46. The van der Waals surface area contributed by atoms with Crippen LogP contribution < -0.4 is 10.1 Å². The van der Waals surface area contributed by atoms with Gasteiger partial charge in [-0.25, -0.2) is 0 Å². The topological polar surface area (TPSA) is 85.6 Å². The molecule has 2 heterocycles. The van der Waals surface area contributed by atoms with Crippen LogP contribution in [0.15, 0.2) is 12.1 Å². The summed E-state index contributed by atoms with van der Waals surface area (Å²) in [6.45, 7) is 3.58. The van der Waals surface area contributed by atoms with Crippen molar-refractivity contribution in [2.24, 2.45) is 5.41 Å². The number of hydrogen-bond acceptors (Lipinski definition) is 5. The number of piperidine rings is 1. The minimum absolute atomic E-state index is 0.0772. The van der Waals surface area contributed by atoms with Crippen LogP contribution in [0.1, 0.15) is 32.6 Å². The molecule has 1 amide bonds. The number of phenols is 1. The van der Waals surface area contributed by atoms with Crippen molar-refractivity contribution < 1.29 is 14.6 Å². The molecular formula is C18H22ClN3O3. The molecule has 25 heavy (non-hydrogen) atoms. The maximum Gasteiger partial charge on any atom is 0.265 e. The number of aromatic hydroxyl groups is 1. The lowest BCUT2D eigenvalue weighted by atomic mass is 9.76. The zero-order valence-corrected chi connectivity index (χ0v) is 15.0. The first-order valence-corrected chi connectivity index (χ1v) is 8.99. The summed E-state index contributed by atoms with van der Waals surface area (Å²) in [4.78, 5) is 14.5. The van der Waals surface area contributed by atoms with Crippen molar-refractivity contribution in [3.8, 4) is 17.6 Å². The number of ether oxygens (including phenoxy) is 1. The first-order valence-electron chi connectivity index (χ1n) is 8.61. The highest BCUT2D eigenvalue weighted by atomic mass is 35.5. The number of carbonyl (C=O) groups is 1. The van der Waals surface area contributed by atoms with Crippen LogP contribution in [0, 0.1) is 16.7 Å². The van der Waals surface area contributed by atoms with E-state index in [1.54, 1.807) is 11.0 Å². The molecule has 6 nitrogen and oxygen atoms in total. The Labute approximate surface area is 152 Å². The molecule has 0 spiro atoms. The first-order chi connectivity index (χ1) is 12.0. The number of nitrogens with zero attached hydrogens (tertiary/aromatic N) is 2. The number of nitrogens with one attached hydrogen (secondary N) is 1. The molecule has 2 aliphatic heterocycles. The van der Waals surface area contributed by atoms with Crippen LogP contribution in [0.3, 0.4) is 0 Å². The number of benzene rings is 1. The van der Waals surface area contributed by atoms with Crippen LogP contribution in [0.2, 0.25) is 5.02 Å². The molecule has 1 aromatic carbocycles. The Morgan fingerprint density at radius 3 is 2.88 bits per heavy atom. The van der Waals surface area contributed by atoms with E-state index in [-0.39, 0.29) is 22.1 Å². The minimum atomic E-state index is -0.645. The van der Waals surface area contributed by atoms with Gasteiger partial charge in [-0.05, 0) is 25.3 Å². The van der Waals surface area contributed by atoms with Gasteiger partial charge >= 0.3 is 0 Å². The molecule has 1 saturated heterocycles. The van der Waals surface area contributed by atoms with Crippen LogP contribution in [0.25, 0.3) is 0 Å². The first kappa shape index (κ1) is 17.7. The average molecular weight is 364 g/mol. The molecule has 2 aliphatic rings. The van der Waals surface area contributed by atoms with Crippen molar-refractivity contribution in [2.75, 3.05) is 25.0 Å². The molecular weight excluding hydrogens is 342 g/mol. The highest BCUT2D eigenvalue weighted by Gasteiger charge is 2.38. The summed E-state index contributed by atoms with van der Waals surface area (Å²) in [5, 5.41) is 22.6. The third kappa shape index (κ3) is 3.47. The highest BCUT2D eigenvalue weighted by molar-refractivity contribution is 6.32. The number of hydrogen-bond donors (Lipinski definition) is 2. The molecule has 0 aliphatic carbocycles. The summed E-state index contributed by atoms with van der Waals surface area (Å²) in [7, 11) is 0. The summed E-state index contributed by atoms with van der Waals surface area (Å²) < 4.78 is 5.77. The van der Waals surface area contributed by atoms with Gasteiger partial charge in [0, 0.05) is 19.2 Å². The number of nitriles is 1. The number of anilines is 1. The van der Waals surface area contributed by atoms with E-state index in [1.165, 1.54) is 6.07 Å². The quantitative estimate of drug-likeness (QED) is 0.806. The molecule has 0 radical (unpaired) electrons. The van der Waals surface area contributed by atoms with E-state index in [1.807, 2.05) is 0 Å². The van der Waals surface area contributed by atoms with Gasteiger partial charge < -0.3 is 20.1 Å². The molecule has 134 valence electrons. The molecule has 0 bridgehead atoms. The summed E-state index contributed by atoms with van der Waals surface area (Å²) in [5.41, 5.74) is 0.365. The van der Waals surface area contributed by atoms with Crippen LogP contribution in [-0.2, 0) is 4.79 Å². The van der Waals surface area contributed by atoms with Gasteiger partial charge in [-0.15, -0.1) is 0 Å². The number of carbonyl (C=O) groups excluding carboxylic acids is 1. The van der Waals surface area contributed by atoms with E-state index in [0.29, 0.717) is 43.9 Å². The third-order valence-corrected chi connectivity index (χ3v) is 5.37. The number of fused-ring (bicyclic) bond motifs is 1. The Kier molecular flexibility index (Phi) is 4.96. The van der Waals surface area contributed by atoms with Gasteiger partial charge in [0.2, 0.25) is 0 Å². The van der Waals surface area contributed by atoms with Crippen molar-refractivity contribution >= 4 is 23.2 Å². The van der Waals surface area contributed by atoms with E-state index < -0.39 is 6.10 Å². The predicted molar refractivity (Wildman–Crippen MR) is 94.8 cm³/mol. The summed E-state index contributed by atoms with van der Waals surface area (Å²) >= 11 is 5.89. The smallest absolute Gasteiger partial charge is 0.265 e. The number of phenolic OH excluding ortho intramolecular Hbond substituents is 1. The fourth-order valence-corrected chi connectivity index (χ4v) is 3.73. The fourth-order valence-electron chi connectivity index (χ4n) is 3.57. The lowest BCUT2D eigenvalue weighted by molar-refractivity contribution is -0.140. The zero-order chi connectivity index (χ0) is 18.0. The monoisotopic (exact) mass is 363 g/mol. The maximum absolute atomic E-state index is 12.8. The molecule has 1 aromatic rings. The number of amides is 1. The summed E-state index contributed by atoms with van der Waals surface area (Å²) in [5.74, 6) is 0.253. The molecule has 2 N–H and O–H groups in total. The highest BCUT2D eigenvalue weighted by Crippen LogP contribution is 2.39. The normalized spacial score (nSPS) is 21.5. The van der Waals surface area contributed by atoms with Crippen molar-refractivity contribution in [3.05, 3.63) is 17.2 Å². The number of rotatable bonds is 3. The zero-order valence-electron chi connectivity index (χ0n) is 14.2. The second kappa shape index (κ2) is 7.01. The van der Waals surface area contributed by atoms with E-state index >= 15 is 0 Å². The van der Waals surface area contributed by atoms with Crippen molar-refractivity contribution in [1.82, 2.24) is 4.90 Å². The lowest BCUT2D eigenvalue weighted by Gasteiger charge is -2.39. The van der Waals surface area contributed by atoms with Crippen molar-refractivity contribution in [2.45, 2.75) is 38.7 Å². The summed E-state index contributed by atoms with van der Waals surface area (Å²) in [6.07, 6.45) is 2.61. The van der Waals surface area contributed by atoms with Gasteiger partial charge in [0.25, 0.3) is 5.91 Å². The largest absolute Gasteiger partial charge is 0.506 e. The van der Waals surface area contributed by atoms with Gasteiger partial charge in [-0.1, -0.05) is 24.9 Å². The molecule has 1 fully saturated rings. The Hall–Kier alpha value is -2.13. The number of halogens is 1. The fraction of sp³-hybridized carbons (Fsp3) is 0.556. The van der Waals surface area contributed by atoms with E-state index in [0.717, 1.165) is 12.8 Å². The predicted octanol–water partition coefficient (Wildman–Crippen LogP) is 3.15. The third-order valence-electron chi connectivity index (χ3n) is 5.07. The standard InChI is InChI=1S/C18H22ClN3O3/c1-2-3-18(11-20)4-6-22(7-5-18)17(24)16-10-21-13-8-12(19)14(23)9-15(13)25-16/h8-9,16,21,23H,2-7,10H2,1H3. The second-order valence-electron chi connectivity index (χ2n) is 6.75. The maximum atomic E-state index is 12.8. The molecule has 0 aromatic heterocycles. The van der Waals surface area contributed by atoms with Gasteiger partial charge in [0.15, 0.2) is 6.10 Å². The van der Waals surface area contributed by atoms with Crippen molar-refractivity contribution in [1.29, 1.82) is 5.26 Å². The molecule has 3 rings (SSSR count). The second-order valence-corrected chi connectivity index (χ2v) is 7.16. The van der Waals surface area contributed by atoms with Crippen molar-refractivity contribution in [3.63, 3.8) is 0 Å². The van der Waals surface area contributed by atoms with Crippen LogP contribution >= 0.6 is 11.6 Å². The van der Waals surface area contributed by atoms with Crippen LogP contribution in [0.4, 0.5) is 5.69 Å². The lowest BCUT2D eigenvalue weighted by Crippen LogP contribution is -2.51.